The topological polar surface area (TPSA) is 30.8 Å². The van der Waals surface area contributed by atoms with Crippen molar-refractivity contribution in [3.63, 3.8) is 0 Å². The number of halogens is 2. The highest BCUT2D eigenvalue weighted by atomic mass is 127. The predicted molar refractivity (Wildman–Crippen MR) is 70.8 cm³/mol. The van der Waals surface area contributed by atoms with E-state index in [1.165, 1.54) is 6.20 Å². The third-order valence-corrected chi connectivity index (χ3v) is 1.95. The first kappa shape index (κ1) is 13.2. The molecule has 74 valence electrons. The summed E-state index contributed by atoms with van der Waals surface area (Å²) in [6.07, 6.45) is 3.34. The Hall–Kier alpha value is 0.210. The molecular weight excluding hydrogens is 396 g/mol. The molecule has 0 unspecified atom stereocenters. The summed E-state index contributed by atoms with van der Waals surface area (Å²) in [5.41, 5.74) is 0. The van der Waals surface area contributed by atoms with Crippen LogP contribution in [0, 0.1) is 5.92 Å². The van der Waals surface area contributed by atoms with Crippen LogP contribution in [0.4, 0.5) is 0 Å². The second-order valence-electron chi connectivity index (χ2n) is 2.55. The number of hydrogen-bond acceptors (Lipinski definition) is 3. The Labute approximate surface area is 107 Å². The maximum Gasteiger partial charge on any atom is 0.267 e. The lowest BCUT2D eigenvalue weighted by Crippen LogP contribution is -2.03. The zero-order chi connectivity index (χ0) is 10.3. The van der Waals surface area contributed by atoms with Gasteiger partial charge in [0.05, 0.1) is 0 Å². The van der Waals surface area contributed by atoms with E-state index in [0.29, 0.717) is 17.6 Å². The summed E-state index contributed by atoms with van der Waals surface area (Å²) >= 11 is 3.55. The molecular formula is C8H11I2NO2. The van der Waals surface area contributed by atoms with Crippen molar-refractivity contribution in [1.29, 1.82) is 0 Å². The summed E-state index contributed by atoms with van der Waals surface area (Å²) in [5.74, 6) is 1.43. The summed E-state index contributed by atoms with van der Waals surface area (Å²) < 4.78 is 10.1. The Morgan fingerprint density at radius 2 is 2.00 bits per heavy atom. The van der Waals surface area contributed by atoms with Gasteiger partial charge in [-0.3, -0.25) is 0 Å². The van der Waals surface area contributed by atoms with Crippen molar-refractivity contribution in [3.8, 4) is 0 Å². The van der Waals surface area contributed by atoms with Crippen LogP contribution in [0.3, 0.4) is 0 Å². The van der Waals surface area contributed by atoms with Gasteiger partial charge in [0.15, 0.2) is 51.8 Å². The zero-order valence-corrected chi connectivity index (χ0v) is 11.8. The highest BCUT2D eigenvalue weighted by Crippen LogP contribution is 2.13. The van der Waals surface area contributed by atoms with Crippen molar-refractivity contribution in [1.82, 2.24) is 0 Å². The molecule has 13 heavy (non-hydrogen) atoms. The molecule has 0 heterocycles. The largest absolute Gasteiger partial charge is 0.422 e. The van der Waals surface area contributed by atoms with Gasteiger partial charge in [-0.2, -0.15) is 0 Å². The van der Waals surface area contributed by atoms with Gasteiger partial charge >= 0.3 is 0 Å². The lowest BCUT2D eigenvalue weighted by molar-refractivity contribution is 0.551. The van der Waals surface area contributed by atoms with Gasteiger partial charge in [-0.25, -0.2) is 4.99 Å². The molecule has 0 atom stereocenters. The van der Waals surface area contributed by atoms with E-state index in [2.05, 4.69) is 11.6 Å². The van der Waals surface area contributed by atoms with Gasteiger partial charge in [-0.05, 0) is 12.0 Å². The van der Waals surface area contributed by atoms with Crippen LogP contribution in [-0.2, 0) is 6.13 Å². The normalized spacial score (nSPS) is 13.0. The van der Waals surface area contributed by atoms with Gasteiger partial charge in [0.1, 0.15) is 0 Å². The lowest BCUT2D eigenvalue weighted by Gasteiger charge is -2.05. The van der Waals surface area contributed by atoms with E-state index < -0.39 is 0 Å². The Bertz CT molecular complexity index is 224. The molecule has 0 spiro atoms. The number of hydrogen-bond donors (Lipinski definition) is 0. The van der Waals surface area contributed by atoms with Crippen LogP contribution in [-0.4, -0.2) is 5.90 Å². The molecule has 0 aromatic heterocycles. The zero-order valence-electron chi connectivity index (χ0n) is 7.46. The third kappa shape index (κ3) is 5.50. The van der Waals surface area contributed by atoms with Gasteiger partial charge < -0.3 is 6.13 Å². The van der Waals surface area contributed by atoms with E-state index >= 15 is 0 Å². The standard InChI is InChI=1S/C8H11I2NO2/c1-4-11-8(13-10)7(12-9)5-6(2)3/h4-6H,1H2,2-3H3/b7-5+,11-8+. The number of aliphatic imine (C=N–C) groups is 1. The van der Waals surface area contributed by atoms with Crippen molar-refractivity contribution in [2.75, 3.05) is 0 Å². The Balaban J connectivity index is 4.72. The van der Waals surface area contributed by atoms with Crippen molar-refractivity contribution in [3.05, 3.63) is 24.6 Å². The molecule has 3 nitrogen and oxygen atoms in total. The van der Waals surface area contributed by atoms with Gasteiger partial charge in [-0.15, -0.1) is 0 Å². The summed E-state index contributed by atoms with van der Waals surface area (Å²) in [6.45, 7) is 7.59. The molecule has 0 rings (SSSR count). The minimum atomic E-state index is 0.381. The van der Waals surface area contributed by atoms with E-state index in [1.807, 2.05) is 19.9 Å². The monoisotopic (exact) mass is 407 g/mol. The van der Waals surface area contributed by atoms with E-state index in [4.69, 9.17) is 6.13 Å². The molecule has 0 aliphatic heterocycles. The first-order chi connectivity index (χ1) is 6.15. The summed E-state index contributed by atoms with van der Waals surface area (Å²) in [5, 5.41) is 0. The van der Waals surface area contributed by atoms with Gasteiger partial charge in [0.25, 0.3) is 5.90 Å². The van der Waals surface area contributed by atoms with Crippen LogP contribution in [0.15, 0.2) is 29.6 Å². The van der Waals surface area contributed by atoms with Crippen LogP contribution < -0.4 is 0 Å². The summed E-state index contributed by atoms with van der Waals surface area (Å²) in [7, 11) is 0. The molecule has 0 radical (unpaired) electrons. The average Bonchev–Trinajstić information content (AvgIpc) is 2.10. The number of nitrogens with zero attached hydrogens (tertiary/aromatic N) is 1. The SMILES string of the molecule is C=C/N=C(OI)\C(=C/C(C)C)OI. The van der Waals surface area contributed by atoms with Gasteiger partial charge in [-0.1, -0.05) is 20.4 Å². The quantitative estimate of drug-likeness (QED) is 0.307. The van der Waals surface area contributed by atoms with E-state index in [1.54, 1.807) is 46.0 Å². The van der Waals surface area contributed by atoms with Crippen LogP contribution in [0.25, 0.3) is 0 Å². The maximum absolute atomic E-state index is 5.09. The van der Waals surface area contributed by atoms with Crippen molar-refractivity contribution in [2.45, 2.75) is 13.8 Å². The van der Waals surface area contributed by atoms with Crippen LogP contribution in [0.1, 0.15) is 13.8 Å². The van der Waals surface area contributed by atoms with Crippen LogP contribution in [0.2, 0.25) is 0 Å². The van der Waals surface area contributed by atoms with E-state index in [-0.39, 0.29) is 0 Å². The highest BCUT2D eigenvalue weighted by Gasteiger charge is 2.09. The average molecular weight is 407 g/mol. The second kappa shape index (κ2) is 7.60. The fourth-order valence-electron chi connectivity index (χ4n) is 0.637. The summed E-state index contributed by atoms with van der Waals surface area (Å²) in [4.78, 5) is 3.92. The molecule has 5 heteroatoms. The fraction of sp³-hybridized carbons (Fsp3) is 0.375. The third-order valence-electron chi connectivity index (χ3n) is 1.06. The summed E-state index contributed by atoms with van der Waals surface area (Å²) in [6, 6.07) is 0. The molecule has 0 aliphatic rings. The maximum atomic E-state index is 5.09. The molecule has 0 saturated carbocycles. The van der Waals surface area contributed by atoms with Gasteiger partial charge in [0.2, 0.25) is 0 Å². The molecule has 0 saturated heterocycles. The van der Waals surface area contributed by atoms with E-state index in [0.717, 1.165) is 0 Å². The first-order valence-corrected chi connectivity index (χ1v) is 5.40. The Morgan fingerprint density at radius 1 is 1.38 bits per heavy atom. The molecule has 0 aromatic carbocycles. The smallest absolute Gasteiger partial charge is 0.267 e. The highest BCUT2D eigenvalue weighted by molar-refractivity contribution is 14.1. The Kier molecular flexibility index (Phi) is 7.72. The van der Waals surface area contributed by atoms with Crippen LogP contribution in [0.5, 0.6) is 0 Å². The molecule has 0 N–H and O–H groups in total. The molecule has 0 aromatic rings. The molecule has 0 bridgehead atoms. The Morgan fingerprint density at radius 3 is 2.31 bits per heavy atom. The predicted octanol–water partition coefficient (Wildman–Crippen LogP) is 3.80. The van der Waals surface area contributed by atoms with Crippen molar-refractivity contribution >= 4 is 51.9 Å². The van der Waals surface area contributed by atoms with Crippen molar-refractivity contribution < 1.29 is 6.13 Å². The lowest BCUT2D eigenvalue weighted by atomic mass is 10.2. The molecule has 0 amide bonds. The minimum Gasteiger partial charge on any atom is -0.422 e. The van der Waals surface area contributed by atoms with E-state index in [9.17, 15) is 0 Å². The fourth-order valence-corrected chi connectivity index (χ4v) is 1.30. The van der Waals surface area contributed by atoms with Crippen molar-refractivity contribution in [2.24, 2.45) is 10.9 Å². The first-order valence-electron chi connectivity index (χ1n) is 3.63. The molecule has 0 aliphatic carbocycles. The molecule has 0 fully saturated rings. The minimum absolute atomic E-state index is 0.381. The number of rotatable bonds is 4. The second-order valence-corrected chi connectivity index (χ2v) is 3.43. The number of allylic oxidation sites excluding steroid dienone is 1. The van der Waals surface area contributed by atoms with Crippen LogP contribution >= 0.6 is 46.0 Å². The van der Waals surface area contributed by atoms with Gasteiger partial charge in [0, 0.05) is 6.20 Å².